The molecule has 0 rings (SSSR count). The zero-order valence-corrected chi connectivity index (χ0v) is 9.59. The Hall–Kier alpha value is -0.530. The number of aliphatic carboxylic acids is 1. The van der Waals surface area contributed by atoms with Gasteiger partial charge < -0.3 is 5.11 Å². The van der Waals surface area contributed by atoms with E-state index in [4.69, 9.17) is 5.11 Å². The van der Waals surface area contributed by atoms with Crippen molar-refractivity contribution in [3.63, 3.8) is 0 Å². The summed E-state index contributed by atoms with van der Waals surface area (Å²) in [6.45, 7) is 4.28. The number of hydrogen-bond donors (Lipinski definition) is 1. The summed E-state index contributed by atoms with van der Waals surface area (Å²) < 4.78 is 0. The second kappa shape index (κ2) is 9.04. The Morgan fingerprint density at radius 1 is 1.00 bits per heavy atom. The Labute approximate surface area is 87.7 Å². The molecule has 0 heterocycles. The van der Waals surface area contributed by atoms with Crippen LogP contribution in [0, 0.1) is 5.92 Å². The Morgan fingerprint density at radius 2 is 1.57 bits per heavy atom. The van der Waals surface area contributed by atoms with Crippen molar-refractivity contribution in [3.8, 4) is 0 Å². The number of carboxylic acids is 1. The number of carboxylic acid groups (broad SMARTS) is 1. The number of unbranched alkanes of at least 4 members (excludes halogenated alkanes) is 4. The predicted octanol–water partition coefficient (Wildman–Crippen LogP) is 3.85. The molecule has 0 aromatic carbocycles. The van der Waals surface area contributed by atoms with Gasteiger partial charge in [0.2, 0.25) is 0 Å². The molecule has 1 atom stereocenters. The highest BCUT2D eigenvalue weighted by atomic mass is 16.4. The van der Waals surface area contributed by atoms with Crippen molar-refractivity contribution >= 4 is 5.97 Å². The fourth-order valence-corrected chi connectivity index (χ4v) is 1.66. The predicted molar refractivity (Wildman–Crippen MR) is 59.4 cm³/mol. The van der Waals surface area contributed by atoms with Crippen LogP contribution in [0.15, 0.2) is 0 Å². The highest BCUT2D eigenvalue weighted by molar-refractivity contribution is 5.69. The van der Waals surface area contributed by atoms with Crippen molar-refractivity contribution in [2.75, 3.05) is 0 Å². The maximum Gasteiger partial charge on any atom is 0.306 e. The lowest BCUT2D eigenvalue weighted by Gasteiger charge is -2.10. The second-order valence-electron chi connectivity index (χ2n) is 4.03. The summed E-state index contributed by atoms with van der Waals surface area (Å²) in [6, 6.07) is 0. The van der Waals surface area contributed by atoms with E-state index in [-0.39, 0.29) is 5.92 Å². The van der Waals surface area contributed by atoms with E-state index in [0.29, 0.717) is 0 Å². The van der Waals surface area contributed by atoms with Gasteiger partial charge in [-0.3, -0.25) is 4.79 Å². The minimum atomic E-state index is -0.602. The number of hydrogen-bond acceptors (Lipinski definition) is 1. The molecule has 0 radical (unpaired) electrons. The number of rotatable bonds is 9. The van der Waals surface area contributed by atoms with Crippen LogP contribution in [0.5, 0.6) is 0 Å². The summed E-state index contributed by atoms with van der Waals surface area (Å²) in [6.07, 6.45) is 8.59. The molecular formula is C12H24O2. The van der Waals surface area contributed by atoms with Crippen molar-refractivity contribution in [1.29, 1.82) is 0 Å². The van der Waals surface area contributed by atoms with Gasteiger partial charge in [-0.1, -0.05) is 52.4 Å². The highest BCUT2D eigenvalue weighted by Gasteiger charge is 2.15. The van der Waals surface area contributed by atoms with Crippen LogP contribution in [0.25, 0.3) is 0 Å². The van der Waals surface area contributed by atoms with Crippen molar-refractivity contribution in [3.05, 3.63) is 0 Å². The average Bonchev–Trinajstić information content (AvgIpc) is 2.16. The molecule has 0 spiro atoms. The van der Waals surface area contributed by atoms with E-state index in [9.17, 15) is 4.79 Å². The molecule has 0 bridgehead atoms. The third-order valence-corrected chi connectivity index (χ3v) is 2.66. The summed E-state index contributed by atoms with van der Waals surface area (Å²) >= 11 is 0. The molecule has 0 aliphatic carbocycles. The fraction of sp³-hybridized carbons (Fsp3) is 0.917. The van der Waals surface area contributed by atoms with E-state index in [2.05, 4.69) is 13.8 Å². The van der Waals surface area contributed by atoms with E-state index in [1.165, 1.54) is 19.3 Å². The van der Waals surface area contributed by atoms with Crippen LogP contribution in [-0.4, -0.2) is 11.1 Å². The lowest BCUT2D eigenvalue weighted by atomic mass is 9.95. The minimum Gasteiger partial charge on any atom is -0.481 e. The zero-order valence-electron chi connectivity index (χ0n) is 9.59. The normalized spacial score (nSPS) is 12.7. The molecule has 0 aromatic heterocycles. The van der Waals surface area contributed by atoms with Gasteiger partial charge in [0.15, 0.2) is 0 Å². The summed E-state index contributed by atoms with van der Waals surface area (Å²) in [7, 11) is 0. The smallest absolute Gasteiger partial charge is 0.306 e. The highest BCUT2D eigenvalue weighted by Crippen LogP contribution is 2.17. The molecule has 0 aliphatic heterocycles. The van der Waals surface area contributed by atoms with Crippen LogP contribution >= 0.6 is 0 Å². The SMILES string of the molecule is CCCCCC[C@H](CCCC)C(=O)O. The van der Waals surface area contributed by atoms with E-state index in [0.717, 1.165) is 32.1 Å². The summed E-state index contributed by atoms with van der Waals surface area (Å²) in [5.41, 5.74) is 0. The molecule has 0 aliphatic rings. The van der Waals surface area contributed by atoms with Gasteiger partial charge >= 0.3 is 5.97 Å². The van der Waals surface area contributed by atoms with Crippen molar-refractivity contribution in [2.45, 2.75) is 65.2 Å². The Kier molecular flexibility index (Phi) is 8.70. The monoisotopic (exact) mass is 200 g/mol. The van der Waals surface area contributed by atoms with Crippen LogP contribution in [0.4, 0.5) is 0 Å². The summed E-state index contributed by atoms with van der Waals surface area (Å²) in [4.78, 5) is 10.9. The summed E-state index contributed by atoms with van der Waals surface area (Å²) in [5, 5.41) is 8.96. The van der Waals surface area contributed by atoms with Crippen molar-refractivity contribution in [1.82, 2.24) is 0 Å². The third kappa shape index (κ3) is 6.93. The number of carbonyl (C=O) groups is 1. The van der Waals surface area contributed by atoms with E-state index >= 15 is 0 Å². The molecule has 0 fully saturated rings. The molecule has 2 heteroatoms. The van der Waals surface area contributed by atoms with Crippen molar-refractivity contribution in [2.24, 2.45) is 5.92 Å². The standard InChI is InChI=1S/C12H24O2/c1-3-5-7-8-10-11(12(13)14)9-6-4-2/h11H,3-10H2,1-2H3,(H,13,14)/t11-/m0/s1. The van der Waals surface area contributed by atoms with Gasteiger partial charge in [0.1, 0.15) is 0 Å². The molecule has 0 amide bonds. The van der Waals surface area contributed by atoms with Crippen LogP contribution in [0.3, 0.4) is 0 Å². The lowest BCUT2D eigenvalue weighted by molar-refractivity contribution is -0.142. The Balaban J connectivity index is 3.57. The first-order chi connectivity index (χ1) is 6.72. The lowest BCUT2D eigenvalue weighted by Crippen LogP contribution is -2.13. The molecular weight excluding hydrogens is 176 g/mol. The molecule has 1 N–H and O–H groups in total. The second-order valence-corrected chi connectivity index (χ2v) is 4.03. The van der Waals surface area contributed by atoms with E-state index in [1.807, 2.05) is 0 Å². The summed E-state index contributed by atoms with van der Waals surface area (Å²) in [5.74, 6) is -0.693. The third-order valence-electron chi connectivity index (χ3n) is 2.66. The van der Waals surface area contributed by atoms with Gasteiger partial charge in [0, 0.05) is 0 Å². The fourth-order valence-electron chi connectivity index (χ4n) is 1.66. The topological polar surface area (TPSA) is 37.3 Å². The Bertz CT molecular complexity index is 143. The van der Waals surface area contributed by atoms with E-state index in [1.54, 1.807) is 0 Å². The minimum absolute atomic E-state index is 0.0909. The molecule has 14 heavy (non-hydrogen) atoms. The van der Waals surface area contributed by atoms with Crippen LogP contribution < -0.4 is 0 Å². The molecule has 84 valence electrons. The first-order valence-corrected chi connectivity index (χ1v) is 5.95. The quantitative estimate of drug-likeness (QED) is 0.574. The van der Waals surface area contributed by atoms with Gasteiger partial charge in [-0.15, -0.1) is 0 Å². The van der Waals surface area contributed by atoms with Crippen LogP contribution in [0.1, 0.15) is 65.2 Å². The molecule has 0 aromatic rings. The zero-order chi connectivity index (χ0) is 10.8. The maximum absolute atomic E-state index is 10.9. The Morgan fingerprint density at radius 3 is 2.07 bits per heavy atom. The average molecular weight is 200 g/mol. The first-order valence-electron chi connectivity index (χ1n) is 5.95. The van der Waals surface area contributed by atoms with Gasteiger partial charge in [-0.25, -0.2) is 0 Å². The van der Waals surface area contributed by atoms with Gasteiger partial charge in [0.25, 0.3) is 0 Å². The van der Waals surface area contributed by atoms with Gasteiger partial charge in [-0.05, 0) is 12.8 Å². The van der Waals surface area contributed by atoms with Crippen LogP contribution in [0.2, 0.25) is 0 Å². The maximum atomic E-state index is 10.9. The molecule has 0 saturated heterocycles. The van der Waals surface area contributed by atoms with Crippen LogP contribution in [-0.2, 0) is 4.79 Å². The largest absolute Gasteiger partial charge is 0.481 e. The molecule has 0 saturated carbocycles. The molecule has 0 unspecified atom stereocenters. The molecule has 2 nitrogen and oxygen atoms in total. The first kappa shape index (κ1) is 13.5. The van der Waals surface area contributed by atoms with Gasteiger partial charge in [0.05, 0.1) is 5.92 Å². The van der Waals surface area contributed by atoms with Gasteiger partial charge in [-0.2, -0.15) is 0 Å². The van der Waals surface area contributed by atoms with Crippen molar-refractivity contribution < 1.29 is 9.90 Å². The van der Waals surface area contributed by atoms with E-state index < -0.39 is 5.97 Å².